The molecule has 20 heavy (non-hydrogen) atoms. The van der Waals surface area contributed by atoms with Crippen molar-refractivity contribution < 1.29 is 19.4 Å². The van der Waals surface area contributed by atoms with Gasteiger partial charge in [0, 0.05) is 5.56 Å². The van der Waals surface area contributed by atoms with Gasteiger partial charge in [-0.3, -0.25) is 0 Å². The number of para-hydroxylation sites is 1. The van der Waals surface area contributed by atoms with Gasteiger partial charge in [0.05, 0.1) is 17.7 Å². The SMILES string of the molecule is COc1ccc(COc2ccccc2Cl)c(C(=O)O)c1. The van der Waals surface area contributed by atoms with E-state index in [0.717, 1.165) is 0 Å². The number of rotatable bonds is 5. The first-order valence-electron chi connectivity index (χ1n) is 5.89. The largest absolute Gasteiger partial charge is 0.497 e. The van der Waals surface area contributed by atoms with E-state index in [1.165, 1.54) is 13.2 Å². The van der Waals surface area contributed by atoms with Crippen molar-refractivity contribution >= 4 is 17.6 Å². The topological polar surface area (TPSA) is 55.8 Å². The average molecular weight is 293 g/mol. The Balaban J connectivity index is 2.21. The lowest BCUT2D eigenvalue weighted by molar-refractivity contribution is 0.0693. The highest BCUT2D eigenvalue weighted by atomic mass is 35.5. The summed E-state index contributed by atoms with van der Waals surface area (Å²) < 4.78 is 10.6. The smallest absolute Gasteiger partial charge is 0.336 e. The zero-order chi connectivity index (χ0) is 14.5. The van der Waals surface area contributed by atoms with Gasteiger partial charge in [0.2, 0.25) is 0 Å². The Morgan fingerprint density at radius 3 is 2.65 bits per heavy atom. The Morgan fingerprint density at radius 2 is 2.00 bits per heavy atom. The quantitative estimate of drug-likeness (QED) is 0.914. The molecule has 0 unspecified atom stereocenters. The van der Waals surface area contributed by atoms with Crippen molar-refractivity contribution in [1.82, 2.24) is 0 Å². The molecular formula is C15H13ClO4. The molecule has 0 atom stereocenters. The standard InChI is InChI=1S/C15H13ClO4/c1-19-11-7-6-10(12(8-11)15(17)18)9-20-14-5-3-2-4-13(14)16/h2-8H,9H2,1H3,(H,17,18). The minimum absolute atomic E-state index is 0.120. The molecular weight excluding hydrogens is 280 g/mol. The van der Waals surface area contributed by atoms with E-state index < -0.39 is 5.97 Å². The Kier molecular flexibility index (Phi) is 4.48. The van der Waals surface area contributed by atoms with Crippen LogP contribution in [-0.2, 0) is 6.61 Å². The maximum absolute atomic E-state index is 11.2. The van der Waals surface area contributed by atoms with Gasteiger partial charge in [-0.25, -0.2) is 4.79 Å². The summed E-state index contributed by atoms with van der Waals surface area (Å²) in [4.78, 5) is 11.2. The molecule has 0 bridgehead atoms. The molecule has 0 saturated carbocycles. The van der Waals surface area contributed by atoms with Gasteiger partial charge in [0.1, 0.15) is 18.1 Å². The molecule has 4 nitrogen and oxygen atoms in total. The molecule has 2 aromatic carbocycles. The summed E-state index contributed by atoms with van der Waals surface area (Å²) in [6.07, 6.45) is 0. The summed E-state index contributed by atoms with van der Waals surface area (Å²) >= 11 is 5.98. The van der Waals surface area contributed by atoms with Crippen LogP contribution < -0.4 is 9.47 Å². The van der Waals surface area contributed by atoms with E-state index >= 15 is 0 Å². The van der Waals surface area contributed by atoms with E-state index in [1.807, 2.05) is 0 Å². The highest BCUT2D eigenvalue weighted by Crippen LogP contribution is 2.25. The lowest BCUT2D eigenvalue weighted by atomic mass is 10.1. The Labute approximate surface area is 121 Å². The van der Waals surface area contributed by atoms with Crippen LogP contribution in [-0.4, -0.2) is 18.2 Å². The summed E-state index contributed by atoms with van der Waals surface area (Å²) in [6, 6.07) is 11.9. The molecule has 0 aliphatic carbocycles. The second-order valence-electron chi connectivity index (χ2n) is 4.05. The van der Waals surface area contributed by atoms with E-state index in [2.05, 4.69) is 0 Å². The first kappa shape index (κ1) is 14.2. The minimum Gasteiger partial charge on any atom is -0.497 e. The fourth-order valence-electron chi connectivity index (χ4n) is 1.72. The van der Waals surface area contributed by atoms with Crippen molar-refractivity contribution in [3.05, 3.63) is 58.6 Å². The lowest BCUT2D eigenvalue weighted by Gasteiger charge is -2.11. The number of methoxy groups -OCH3 is 1. The van der Waals surface area contributed by atoms with Crippen molar-refractivity contribution in [2.45, 2.75) is 6.61 Å². The third-order valence-electron chi connectivity index (χ3n) is 2.77. The van der Waals surface area contributed by atoms with E-state index in [1.54, 1.807) is 36.4 Å². The molecule has 0 heterocycles. The number of halogens is 1. The number of carboxylic acids is 1. The number of ether oxygens (including phenoxy) is 2. The molecule has 104 valence electrons. The van der Waals surface area contributed by atoms with Gasteiger partial charge in [-0.05, 0) is 24.3 Å². The van der Waals surface area contributed by atoms with Gasteiger partial charge in [0.25, 0.3) is 0 Å². The van der Waals surface area contributed by atoms with Crippen molar-refractivity contribution in [1.29, 1.82) is 0 Å². The van der Waals surface area contributed by atoms with Crippen LogP contribution in [0.15, 0.2) is 42.5 Å². The lowest BCUT2D eigenvalue weighted by Crippen LogP contribution is -2.06. The maximum atomic E-state index is 11.2. The molecule has 2 aromatic rings. The van der Waals surface area contributed by atoms with Crippen molar-refractivity contribution in [3.63, 3.8) is 0 Å². The van der Waals surface area contributed by atoms with Crippen LogP contribution in [0.4, 0.5) is 0 Å². The molecule has 0 radical (unpaired) electrons. The third-order valence-corrected chi connectivity index (χ3v) is 3.08. The van der Waals surface area contributed by atoms with Crippen LogP contribution in [0.2, 0.25) is 5.02 Å². The third kappa shape index (κ3) is 3.22. The number of aromatic carboxylic acids is 1. The molecule has 0 aromatic heterocycles. The van der Waals surface area contributed by atoms with Gasteiger partial charge < -0.3 is 14.6 Å². The maximum Gasteiger partial charge on any atom is 0.336 e. The zero-order valence-electron chi connectivity index (χ0n) is 10.8. The first-order valence-corrected chi connectivity index (χ1v) is 6.27. The zero-order valence-corrected chi connectivity index (χ0v) is 11.6. The van der Waals surface area contributed by atoms with Crippen LogP contribution in [0.1, 0.15) is 15.9 Å². The Bertz CT molecular complexity index is 625. The summed E-state index contributed by atoms with van der Waals surface area (Å²) in [5.41, 5.74) is 0.703. The second-order valence-corrected chi connectivity index (χ2v) is 4.45. The molecule has 1 N–H and O–H groups in total. The number of benzene rings is 2. The first-order chi connectivity index (χ1) is 9.61. The van der Waals surface area contributed by atoms with Crippen LogP contribution in [0, 0.1) is 0 Å². The number of hydrogen-bond donors (Lipinski definition) is 1. The van der Waals surface area contributed by atoms with Crippen LogP contribution in [0.5, 0.6) is 11.5 Å². The van der Waals surface area contributed by atoms with Gasteiger partial charge in [0.15, 0.2) is 0 Å². The van der Waals surface area contributed by atoms with Crippen LogP contribution in [0.3, 0.4) is 0 Å². The van der Waals surface area contributed by atoms with Gasteiger partial charge in [-0.1, -0.05) is 29.8 Å². The fraction of sp³-hybridized carbons (Fsp3) is 0.133. The molecule has 0 amide bonds. The van der Waals surface area contributed by atoms with Gasteiger partial charge in [-0.15, -0.1) is 0 Å². The van der Waals surface area contributed by atoms with Crippen LogP contribution in [0.25, 0.3) is 0 Å². The Hall–Kier alpha value is -2.20. The molecule has 0 spiro atoms. The molecule has 0 aliphatic heterocycles. The van der Waals surface area contributed by atoms with Crippen molar-refractivity contribution in [2.75, 3.05) is 7.11 Å². The molecule has 0 aliphatic rings. The van der Waals surface area contributed by atoms with E-state index in [9.17, 15) is 9.90 Å². The highest BCUT2D eigenvalue weighted by Gasteiger charge is 2.12. The van der Waals surface area contributed by atoms with Gasteiger partial charge >= 0.3 is 5.97 Å². The van der Waals surface area contributed by atoms with E-state index in [-0.39, 0.29) is 12.2 Å². The average Bonchev–Trinajstić information content (AvgIpc) is 2.46. The summed E-state index contributed by atoms with van der Waals surface area (Å²) in [5, 5.41) is 9.68. The van der Waals surface area contributed by atoms with Crippen LogP contribution >= 0.6 is 11.6 Å². The normalized spacial score (nSPS) is 10.1. The number of carbonyl (C=O) groups is 1. The molecule has 0 saturated heterocycles. The Morgan fingerprint density at radius 1 is 1.25 bits per heavy atom. The number of hydrogen-bond acceptors (Lipinski definition) is 3. The minimum atomic E-state index is -1.03. The predicted octanol–water partition coefficient (Wildman–Crippen LogP) is 3.63. The fourth-order valence-corrected chi connectivity index (χ4v) is 1.92. The summed E-state index contributed by atoms with van der Waals surface area (Å²) in [5.74, 6) is -0.0214. The summed E-state index contributed by atoms with van der Waals surface area (Å²) in [6.45, 7) is 0.120. The predicted molar refractivity (Wildman–Crippen MR) is 75.7 cm³/mol. The monoisotopic (exact) mass is 292 g/mol. The molecule has 5 heteroatoms. The number of carboxylic acid groups (broad SMARTS) is 1. The van der Waals surface area contributed by atoms with Crippen molar-refractivity contribution in [2.24, 2.45) is 0 Å². The van der Waals surface area contributed by atoms with E-state index in [0.29, 0.717) is 22.1 Å². The summed E-state index contributed by atoms with van der Waals surface area (Å²) in [7, 11) is 1.49. The van der Waals surface area contributed by atoms with E-state index in [4.69, 9.17) is 21.1 Å². The van der Waals surface area contributed by atoms with Crippen molar-refractivity contribution in [3.8, 4) is 11.5 Å². The highest BCUT2D eigenvalue weighted by molar-refractivity contribution is 6.32. The second kappa shape index (κ2) is 6.30. The molecule has 2 rings (SSSR count). The molecule has 0 fully saturated rings. The van der Waals surface area contributed by atoms with Gasteiger partial charge in [-0.2, -0.15) is 0 Å².